The van der Waals surface area contributed by atoms with E-state index in [9.17, 15) is 13.6 Å². The Morgan fingerprint density at radius 1 is 1.23 bits per heavy atom. The van der Waals surface area contributed by atoms with Crippen LogP contribution >= 0.6 is 11.3 Å². The molecule has 0 bridgehead atoms. The summed E-state index contributed by atoms with van der Waals surface area (Å²) in [5.41, 5.74) is 3.42. The summed E-state index contributed by atoms with van der Waals surface area (Å²) in [7, 11) is 0. The molecule has 0 fully saturated rings. The van der Waals surface area contributed by atoms with Crippen molar-refractivity contribution in [1.29, 1.82) is 0 Å². The van der Waals surface area contributed by atoms with Gasteiger partial charge in [-0.3, -0.25) is 14.6 Å². The normalized spacial score (nSPS) is 10.2. The lowest BCUT2D eigenvalue weighted by molar-refractivity contribution is 0.0148. The van der Waals surface area contributed by atoms with Gasteiger partial charge in [-0.15, -0.1) is 11.3 Å². The first-order chi connectivity index (χ1) is 14.5. The van der Waals surface area contributed by atoms with E-state index in [1.54, 1.807) is 19.1 Å². The second-order valence-electron chi connectivity index (χ2n) is 5.73. The first-order valence-corrected chi connectivity index (χ1v) is 10.1. The van der Waals surface area contributed by atoms with Gasteiger partial charge in [0.2, 0.25) is 0 Å². The molecule has 2 heterocycles. The Balaban J connectivity index is 0.00000155. The van der Waals surface area contributed by atoms with Gasteiger partial charge in [-0.1, -0.05) is 26.5 Å². The number of aromatic nitrogens is 1. The molecule has 2 N–H and O–H groups in total. The Morgan fingerprint density at radius 2 is 2.00 bits per heavy atom. The number of hydrogen-bond acceptors (Lipinski definition) is 6. The van der Waals surface area contributed by atoms with E-state index in [4.69, 9.17) is 9.57 Å². The van der Waals surface area contributed by atoms with Crippen molar-refractivity contribution in [3.63, 3.8) is 0 Å². The molecule has 2 aromatic heterocycles. The number of pyridine rings is 1. The Morgan fingerprint density at radius 3 is 2.70 bits per heavy atom. The van der Waals surface area contributed by atoms with Gasteiger partial charge in [0.05, 0.1) is 28.5 Å². The zero-order valence-corrected chi connectivity index (χ0v) is 17.7. The van der Waals surface area contributed by atoms with Gasteiger partial charge < -0.3 is 10.1 Å². The molecule has 0 aliphatic carbocycles. The van der Waals surface area contributed by atoms with Gasteiger partial charge >= 0.3 is 0 Å². The highest BCUT2D eigenvalue weighted by Crippen LogP contribution is 2.38. The lowest BCUT2D eigenvalue weighted by Gasteiger charge is -2.10. The van der Waals surface area contributed by atoms with Crippen molar-refractivity contribution in [3.05, 3.63) is 65.5 Å². The largest absolute Gasteiger partial charge is 0.499 e. The summed E-state index contributed by atoms with van der Waals surface area (Å²) >= 11 is 0.916. The quantitative estimate of drug-likeness (QED) is 0.279. The van der Waals surface area contributed by atoms with E-state index in [1.165, 1.54) is 18.5 Å². The summed E-state index contributed by atoms with van der Waals surface area (Å²) in [6.45, 7) is 9.45. The minimum atomic E-state index is -0.603. The second-order valence-corrected chi connectivity index (χ2v) is 6.75. The van der Waals surface area contributed by atoms with Crippen LogP contribution in [-0.2, 0) is 9.57 Å². The number of benzene rings is 1. The average Bonchev–Trinajstić information content (AvgIpc) is 3.11. The first kappa shape index (κ1) is 23.2. The Labute approximate surface area is 177 Å². The molecular weight excluding hydrogens is 412 g/mol. The molecule has 3 rings (SSSR count). The Hall–Kier alpha value is -3.04. The van der Waals surface area contributed by atoms with Gasteiger partial charge in [0, 0.05) is 11.6 Å². The zero-order chi connectivity index (χ0) is 22.1. The van der Waals surface area contributed by atoms with E-state index < -0.39 is 17.5 Å². The highest BCUT2D eigenvalue weighted by atomic mass is 32.1. The number of amides is 1. The van der Waals surface area contributed by atoms with E-state index >= 15 is 0 Å². The van der Waals surface area contributed by atoms with Crippen molar-refractivity contribution in [1.82, 2.24) is 10.5 Å². The van der Waals surface area contributed by atoms with E-state index in [1.807, 2.05) is 13.8 Å². The fourth-order valence-corrected chi connectivity index (χ4v) is 3.47. The predicted octanol–water partition coefficient (Wildman–Crippen LogP) is 5.47. The summed E-state index contributed by atoms with van der Waals surface area (Å²) in [6, 6.07) is 4.63. The highest BCUT2D eigenvalue weighted by Gasteiger charge is 2.22. The molecule has 6 nitrogen and oxygen atoms in total. The number of hydroxylamine groups is 1. The highest BCUT2D eigenvalue weighted by molar-refractivity contribution is 7.21. The lowest BCUT2D eigenvalue weighted by atomic mass is 10.2. The van der Waals surface area contributed by atoms with Crippen LogP contribution in [0.15, 0.2) is 43.4 Å². The Kier molecular flexibility index (Phi) is 8.70. The number of aryl methyl sites for hydroxylation is 1. The molecule has 0 saturated heterocycles. The number of nitrogens with one attached hydrogen (secondary N) is 2. The maximum Gasteiger partial charge on any atom is 0.287 e. The molecule has 1 aromatic carbocycles. The molecule has 0 aliphatic rings. The number of nitrogens with zero attached hydrogens (tertiary/aromatic N) is 1. The molecule has 0 saturated carbocycles. The minimum Gasteiger partial charge on any atom is -0.499 e. The molecule has 0 aliphatic heterocycles. The maximum absolute atomic E-state index is 14.3. The van der Waals surface area contributed by atoms with Gasteiger partial charge in [-0.05, 0) is 24.6 Å². The molecule has 1 amide bonds. The van der Waals surface area contributed by atoms with Gasteiger partial charge in [-0.2, -0.15) is 0 Å². The van der Waals surface area contributed by atoms with Crippen LogP contribution in [0.25, 0.3) is 10.1 Å². The van der Waals surface area contributed by atoms with E-state index in [-0.39, 0.29) is 34.2 Å². The van der Waals surface area contributed by atoms with Gasteiger partial charge in [-0.25, -0.2) is 14.3 Å². The van der Waals surface area contributed by atoms with Gasteiger partial charge in [0.15, 0.2) is 5.82 Å². The van der Waals surface area contributed by atoms with Crippen molar-refractivity contribution in [3.8, 4) is 0 Å². The molecule has 0 spiro atoms. The van der Waals surface area contributed by atoms with Crippen LogP contribution < -0.4 is 10.8 Å². The third-order valence-corrected chi connectivity index (χ3v) is 4.94. The van der Waals surface area contributed by atoms with Crippen molar-refractivity contribution in [2.45, 2.75) is 20.8 Å². The Bertz CT molecular complexity index is 1020. The first-order valence-electron chi connectivity index (χ1n) is 9.25. The third kappa shape index (κ3) is 5.52. The number of carbonyl (C=O) groups excluding carboxylic acids is 1. The number of fused-ring (bicyclic) bond motifs is 1. The molecule has 3 aromatic rings. The summed E-state index contributed by atoms with van der Waals surface area (Å²) in [5.74, 6) is -1.67. The monoisotopic (exact) mass is 435 g/mol. The summed E-state index contributed by atoms with van der Waals surface area (Å²) in [5, 5.41) is 3.25. The summed E-state index contributed by atoms with van der Waals surface area (Å²) in [4.78, 5) is 21.6. The van der Waals surface area contributed by atoms with Crippen LogP contribution in [0.5, 0.6) is 0 Å². The zero-order valence-electron chi connectivity index (χ0n) is 16.9. The number of halogens is 2. The van der Waals surface area contributed by atoms with Crippen LogP contribution in [0, 0.1) is 18.6 Å². The van der Waals surface area contributed by atoms with Gasteiger partial charge in [0.25, 0.3) is 5.91 Å². The molecular formula is C21H23F2N3O3S. The van der Waals surface area contributed by atoms with Crippen LogP contribution in [0.3, 0.4) is 0 Å². The maximum atomic E-state index is 14.3. The fourth-order valence-electron chi connectivity index (χ4n) is 2.46. The number of ether oxygens (including phenoxy) is 1. The summed E-state index contributed by atoms with van der Waals surface area (Å²) < 4.78 is 33.6. The smallest absolute Gasteiger partial charge is 0.287 e. The van der Waals surface area contributed by atoms with Crippen LogP contribution in [0.1, 0.15) is 29.1 Å². The van der Waals surface area contributed by atoms with E-state index in [0.29, 0.717) is 5.39 Å². The standard InChI is InChI=1S/C19H17F2N3O3S.C2H6/c1-3-26-6-7-27-24-19(25)18-16(12-9-22-10-14(21)17(12)28-18)23-15-5-4-11(2)8-13(15)20;1-2/h3-5,8-10,23H,1,6-7H2,2H3,(H,24,25);1-2H3. The summed E-state index contributed by atoms with van der Waals surface area (Å²) in [6.07, 6.45) is 3.73. The SMILES string of the molecule is C=COCCONC(=O)c1sc2c(F)cncc2c1Nc1ccc(C)cc1F.CC. The van der Waals surface area contributed by atoms with Crippen molar-refractivity contribution >= 4 is 38.7 Å². The number of carbonyl (C=O) groups is 1. The van der Waals surface area contributed by atoms with Crippen molar-refractivity contribution in [2.24, 2.45) is 0 Å². The second kappa shape index (κ2) is 11.2. The number of anilines is 2. The fraction of sp³-hybridized carbons (Fsp3) is 0.238. The average molecular weight is 435 g/mol. The van der Waals surface area contributed by atoms with Gasteiger partial charge in [0.1, 0.15) is 23.9 Å². The molecule has 160 valence electrons. The van der Waals surface area contributed by atoms with Crippen LogP contribution in [0.4, 0.5) is 20.2 Å². The van der Waals surface area contributed by atoms with E-state index in [0.717, 1.165) is 23.1 Å². The minimum absolute atomic E-state index is 0.0912. The van der Waals surface area contributed by atoms with Crippen molar-refractivity contribution in [2.75, 3.05) is 18.5 Å². The van der Waals surface area contributed by atoms with Crippen molar-refractivity contribution < 1.29 is 23.1 Å². The number of hydrogen-bond donors (Lipinski definition) is 2. The molecule has 30 heavy (non-hydrogen) atoms. The molecule has 0 radical (unpaired) electrons. The predicted molar refractivity (Wildman–Crippen MR) is 115 cm³/mol. The van der Waals surface area contributed by atoms with E-state index in [2.05, 4.69) is 22.4 Å². The molecule has 0 atom stereocenters. The lowest BCUT2D eigenvalue weighted by Crippen LogP contribution is -2.25. The van der Waals surface area contributed by atoms with Crippen LogP contribution in [0.2, 0.25) is 0 Å². The number of thiophene rings is 1. The molecule has 9 heteroatoms. The number of rotatable bonds is 8. The third-order valence-electron chi connectivity index (χ3n) is 3.73. The molecule has 0 unspecified atom stereocenters. The van der Waals surface area contributed by atoms with Crippen LogP contribution in [-0.4, -0.2) is 24.1 Å². The topological polar surface area (TPSA) is 72.5 Å².